The van der Waals surface area contributed by atoms with Gasteiger partial charge >= 0.3 is 0 Å². The molecule has 6 heteroatoms. The Balaban J connectivity index is 1.57. The Morgan fingerprint density at radius 3 is 3.00 bits per heavy atom. The maximum absolute atomic E-state index is 12.3. The topological polar surface area (TPSA) is 60.2 Å². The smallest absolute Gasteiger partial charge is 0.273 e. The van der Waals surface area contributed by atoms with Crippen LogP contribution >= 0.6 is 0 Å². The van der Waals surface area contributed by atoms with Crippen LogP contribution < -0.4 is 0 Å². The second-order valence-corrected chi connectivity index (χ2v) is 5.53. The van der Waals surface area contributed by atoms with Crippen LogP contribution in [0.3, 0.4) is 0 Å². The van der Waals surface area contributed by atoms with Crippen LogP contribution in [0.15, 0.2) is 6.20 Å². The van der Waals surface area contributed by atoms with Crippen LogP contribution in [0.1, 0.15) is 36.2 Å². The summed E-state index contributed by atoms with van der Waals surface area (Å²) in [5.41, 5.74) is 0.544. The summed E-state index contributed by atoms with van der Waals surface area (Å²) in [7, 11) is 1.74. The molecular formula is C13H20N4O2. The maximum Gasteiger partial charge on any atom is 0.273 e. The number of hydrogen-bond acceptors (Lipinski definition) is 4. The molecule has 0 unspecified atom stereocenters. The molecule has 1 aliphatic heterocycles. The average Bonchev–Trinajstić information content (AvgIpc) is 3.17. The maximum atomic E-state index is 12.3. The zero-order chi connectivity index (χ0) is 13.2. The molecule has 104 valence electrons. The highest BCUT2D eigenvalue weighted by atomic mass is 16.5. The van der Waals surface area contributed by atoms with Gasteiger partial charge in [-0.2, -0.15) is 0 Å². The van der Waals surface area contributed by atoms with E-state index < -0.39 is 0 Å². The number of carbonyl (C=O) groups excluding carboxylic acids is 1. The van der Waals surface area contributed by atoms with Gasteiger partial charge in [-0.15, -0.1) is 5.10 Å². The van der Waals surface area contributed by atoms with Crippen molar-refractivity contribution in [3.63, 3.8) is 0 Å². The molecule has 1 amide bonds. The molecule has 1 atom stereocenters. The lowest BCUT2D eigenvalue weighted by Gasteiger charge is -2.32. The molecule has 2 fully saturated rings. The molecule has 3 rings (SSSR count). The van der Waals surface area contributed by atoms with Gasteiger partial charge < -0.3 is 9.64 Å². The largest absolute Gasteiger partial charge is 0.376 e. The van der Waals surface area contributed by atoms with E-state index >= 15 is 0 Å². The molecule has 19 heavy (non-hydrogen) atoms. The molecule has 0 radical (unpaired) electrons. The van der Waals surface area contributed by atoms with Crippen molar-refractivity contribution in [3.8, 4) is 0 Å². The molecule has 1 aromatic heterocycles. The normalized spacial score (nSPS) is 23.6. The summed E-state index contributed by atoms with van der Waals surface area (Å²) >= 11 is 0. The van der Waals surface area contributed by atoms with E-state index in [9.17, 15) is 4.79 Å². The molecule has 1 saturated heterocycles. The summed E-state index contributed by atoms with van der Waals surface area (Å²) in [6, 6.07) is 0. The van der Waals surface area contributed by atoms with Crippen LogP contribution in [-0.4, -0.2) is 51.6 Å². The van der Waals surface area contributed by atoms with Gasteiger partial charge in [-0.1, -0.05) is 5.21 Å². The summed E-state index contributed by atoms with van der Waals surface area (Å²) in [6.45, 7) is 2.35. The first-order valence-electron chi connectivity index (χ1n) is 6.99. The minimum absolute atomic E-state index is 0.00669. The first kappa shape index (κ1) is 12.6. The monoisotopic (exact) mass is 264 g/mol. The third kappa shape index (κ3) is 2.94. The number of likely N-dealkylation sites (tertiary alicyclic amines) is 1. The van der Waals surface area contributed by atoms with Gasteiger partial charge in [0.15, 0.2) is 0 Å². The van der Waals surface area contributed by atoms with E-state index in [1.165, 1.54) is 23.7 Å². The fourth-order valence-corrected chi connectivity index (χ4v) is 2.46. The molecule has 1 aliphatic carbocycles. The van der Waals surface area contributed by atoms with Gasteiger partial charge in [0.05, 0.1) is 12.3 Å². The van der Waals surface area contributed by atoms with Crippen molar-refractivity contribution in [1.29, 1.82) is 0 Å². The molecule has 6 nitrogen and oxygen atoms in total. The molecule has 2 heterocycles. The Bertz CT molecular complexity index is 455. The molecule has 1 saturated carbocycles. The Morgan fingerprint density at radius 1 is 1.47 bits per heavy atom. The first-order chi connectivity index (χ1) is 9.24. The van der Waals surface area contributed by atoms with Crippen molar-refractivity contribution in [2.45, 2.75) is 31.8 Å². The molecule has 2 aliphatic rings. The number of ether oxygens (including phenoxy) is 1. The fraction of sp³-hybridized carbons (Fsp3) is 0.769. The van der Waals surface area contributed by atoms with E-state index in [1.54, 1.807) is 7.05 Å². The van der Waals surface area contributed by atoms with Crippen molar-refractivity contribution in [3.05, 3.63) is 11.9 Å². The highest BCUT2D eigenvalue weighted by Crippen LogP contribution is 2.30. The van der Waals surface area contributed by atoms with E-state index in [4.69, 9.17) is 4.74 Å². The summed E-state index contributed by atoms with van der Waals surface area (Å²) in [5, 5.41) is 7.57. The Morgan fingerprint density at radius 2 is 2.32 bits per heavy atom. The lowest BCUT2D eigenvalue weighted by Crippen LogP contribution is -2.44. The van der Waals surface area contributed by atoms with Crippen LogP contribution in [-0.2, 0) is 11.8 Å². The summed E-state index contributed by atoms with van der Waals surface area (Å²) < 4.78 is 7.43. The van der Waals surface area contributed by atoms with Crippen molar-refractivity contribution >= 4 is 5.91 Å². The number of aromatic nitrogens is 3. The average molecular weight is 264 g/mol. The van der Waals surface area contributed by atoms with E-state index in [1.807, 2.05) is 4.90 Å². The molecule has 0 spiro atoms. The second-order valence-electron chi connectivity index (χ2n) is 5.53. The highest BCUT2D eigenvalue weighted by molar-refractivity contribution is 5.92. The third-order valence-electron chi connectivity index (χ3n) is 3.86. The van der Waals surface area contributed by atoms with E-state index in [2.05, 4.69) is 10.3 Å². The zero-order valence-electron chi connectivity index (χ0n) is 11.3. The number of rotatable bonds is 4. The fourth-order valence-electron chi connectivity index (χ4n) is 2.46. The van der Waals surface area contributed by atoms with Crippen molar-refractivity contribution < 1.29 is 9.53 Å². The number of piperidine rings is 1. The van der Waals surface area contributed by atoms with Gasteiger partial charge in [0.1, 0.15) is 5.69 Å². The predicted octanol–water partition coefficient (Wildman–Crippen LogP) is 0.846. The van der Waals surface area contributed by atoms with E-state index in [0.29, 0.717) is 12.2 Å². The highest BCUT2D eigenvalue weighted by Gasteiger charge is 2.28. The number of aryl methyl sites for hydroxylation is 1. The number of carbonyl (C=O) groups is 1. The van der Waals surface area contributed by atoms with E-state index in [0.717, 1.165) is 31.9 Å². The van der Waals surface area contributed by atoms with Gasteiger partial charge in [-0.05, 0) is 31.6 Å². The predicted molar refractivity (Wildman–Crippen MR) is 68.6 cm³/mol. The Labute approximate surface area is 112 Å². The number of hydrogen-bond donors (Lipinski definition) is 0. The lowest BCUT2D eigenvalue weighted by atomic mass is 10.1. The second kappa shape index (κ2) is 5.28. The van der Waals surface area contributed by atoms with Gasteiger partial charge in [0.25, 0.3) is 5.91 Å². The van der Waals surface area contributed by atoms with E-state index in [-0.39, 0.29) is 12.0 Å². The Kier molecular flexibility index (Phi) is 3.50. The lowest BCUT2D eigenvalue weighted by molar-refractivity contribution is -0.00274. The van der Waals surface area contributed by atoms with Gasteiger partial charge in [-0.25, -0.2) is 4.68 Å². The van der Waals surface area contributed by atoms with Crippen molar-refractivity contribution in [2.24, 2.45) is 13.0 Å². The van der Waals surface area contributed by atoms with Gasteiger partial charge in [0.2, 0.25) is 0 Å². The van der Waals surface area contributed by atoms with Gasteiger partial charge in [0, 0.05) is 26.7 Å². The molecule has 0 N–H and O–H groups in total. The summed E-state index contributed by atoms with van der Waals surface area (Å²) in [4.78, 5) is 14.2. The number of amides is 1. The zero-order valence-corrected chi connectivity index (χ0v) is 11.3. The molecule has 1 aromatic rings. The van der Waals surface area contributed by atoms with Crippen molar-refractivity contribution in [2.75, 3.05) is 19.7 Å². The SMILES string of the molecule is Cn1nncc1C(=O)N1CCC[C@H](OCC2CC2)C1. The van der Waals surface area contributed by atoms with Crippen LogP contribution in [0.4, 0.5) is 0 Å². The molecular weight excluding hydrogens is 244 g/mol. The van der Waals surface area contributed by atoms with Gasteiger partial charge in [-0.3, -0.25) is 4.79 Å². The Hall–Kier alpha value is -1.43. The summed E-state index contributed by atoms with van der Waals surface area (Å²) in [6.07, 6.45) is 6.38. The van der Waals surface area contributed by atoms with Crippen LogP contribution in [0.25, 0.3) is 0 Å². The van der Waals surface area contributed by atoms with Crippen LogP contribution in [0, 0.1) is 5.92 Å². The first-order valence-corrected chi connectivity index (χ1v) is 6.99. The third-order valence-corrected chi connectivity index (χ3v) is 3.86. The molecule has 0 bridgehead atoms. The van der Waals surface area contributed by atoms with Crippen LogP contribution in [0.2, 0.25) is 0 Å². The minimum Gasteiger partial charge on any atom is -0.376 e. The number of nitrogens with zero attached hydrogens (tertiary/aromatic N) is 4. The molecule has 0 aromatic carbocycles. The van der Waals surface area contributed by atoms with Crippen LogP contribution in [0.5, 0.6) is 0 Å². The minimum atomic E-state index is 0.00669. The standard InChI is InChI=1S/C13H20N4O2/c1-16-12(7-14-15-16)13(18)17-6-2-3-11(8-17)19-9-10-4-5-10/h7,10-11H,2-6,8-9H2,1H3/t11-/m0/s1. The quantitative estimate of drug-likeness (QED) is 0.808. The van der Waals surface area contributed by atoms with Crippen molar-refractivity contribution in [1.82, 2.24) is 19.9 Å². The summed E-state index contributed by atoms with van der Waals surface area (Å²) in [5.74, 6) is 0.777.